The largest absolute Gasteiger partial charge is 0.496 e. The molecule has 1 saturated carbocycles. The molecule has 2 nitrogen and oxygen atoms in total. The molecule has 0 aromatic heterocycles. The number of thioether (sulfide) groups is 1. The molecule has 0 aliphatic heterocycles. The van der Waals surface area contributed by atoms with E-state index in [2.05, 4.69) is 19.2 Å². The molecule has 0 heterocycles. The molecular weight excluding hydrogens is 218 g/mol. The zero-order valence-electron chi connectivity index (χ0n) is 10.1. The number of hydrogen-bond donors (Lipinski definition) is 1. The third-order valence-electron chi connectivity index (χ3n) is 3.59. The van der Waals surface area contributed by atoms with Gasteiger partial charge >= 0.3 is 0 Å². The molecule has 1 aromatic rings. The summed E-state index contributed by atoms with van der Waals surface area (Å²) in [5.74, 6) is 0.988. The minimum absolute atomic E-state index is 0.158. The van der Waals surface area contributed by atoms with Gasteiger partial charge in [0, 0.05) is 21.9 Å². The van der Waals surface area contributed by atoms with E-state index in [1.807, 2.05) is 12.1 Å². The van der Waals surface area contributed by atoms with Crippen LogP contribution in [0.15, 0.2) is 23.1 Å². The smallest absolute Gasteiger partial charge is 0.123 e. The highest BCUT2D eigenvalue weighted by Gasteiger charge is 2.50. The van der Waals surface area contributed by atoms with Gasteiger partial charge in [0.15, 0.2) is 0 Å². The van der Waals surface area contributed by atoms with Gasteiger partial charge in [0.2, 0.25) is 0 Å². The zero-order chi connectivity index (χ0) is 11.8. The van der Waals surface area contributed by atoms with Gasteiger partial charge in [0.1, 0.15) is 5.75 Å². The minimum Gasteiger partial charge on any atom is -0.496 e. The summed E-state index contributed by atoms with van der Waals surface area (Å²) in [6.07, 6.45) is 4.47. The second kappa shape index (κ2) is 4.30. The van der Waals surface area contributed by atoms with E-state index in [9.17, 15) is 0 Å². The van der Waals surface area contributed by atoms with Crippen LogP contribution in [-0.4, -0.2) is 19.4 Å². The molecule has 0 spiro atoms. The highest BCUT2D eigenvalue weighted by molar-refractivity contribution is 7.98. The highest BCUT2D eigenvalue weighted by atomic mass is 32.2. The Morgan fingerprint density at radius 1 is 1.44 bits per heavy atom. The van der Waals surface area contributed by atoms with Gasteiger partial charge in [-0.1, -0.05) is 6.07 Å². The fourth-order valence-electron chi connectivity index (χ4n) is 2.41. The van der Waals surface area contributed by atoms with E-state index in [-0.39, 0.29) is 11.5 Å². The topological polar surface area (TPSA) is 35.2 Å². The summed E-state index contributed by atoms with van der Waals surface area (Å²) in [7, 11) is 1.74. The summed E-state index contributed by atoms with van der Waals surface area (Å²) >= 11 is 1.77. The Hall–Kier alpha value is -0.670. The van der Waals surface area contributed by atoms with Crippen LogP contribution in [0, 0.1) is 0 Å². The van der Waals surface area contributed by atoms with E-state index >= 15 is 0 Å². The van der Waals surface area contributed by atoms with E-state index in [1.165, 1.54) is 23.3 Å². The molecule has 1 aromatic carbocycles. The summed E-state index contributed by atoms with van der Waals surface area (Å²) in [6, 6.07) is 6.43. The average Bonchev–Trinajstić information content (AvgIpc) is 3.09. The second-order valence-corrected chi connectivity index (χ2v) is 5.33. The van der Waals surface area contributed by atoms with Crippen molar-refractivity contribution in [2.24, 2.45) is 5.73 Å². The summed E-state index contributed by atoms with van der Waals surface area (Å²) in [5.41, 5.74) is 7.62. The van der Waals surface area contributed by atoms with Crippen molar-refractivity contribution in [2.45, 2.75) is 36.1 Å². The van der Waals surface area contributed by atoms with E-state index in [4.69, 9.17) is 10.5 Å². The summed E-state index contributed by atoms with van der Waals surface area (Å²) in [6.45, 7) is 2.10. The van der Waals surface area contributed by atoms with Gasteiger partial charge in [-0.25, -0.2) is 0 Å². The Labute approximate surface area is 102 Å². The lowest BCUT2D eigenvalue weighted by Crippen LogP contribution is -2.32. The third kappa shape index (κ3) is 1.72. The van der Waals surface area contributed by atoms with Crippen molar-refractivity contribution in [3.05, 3.63) is 23.8 Å². The number of methoxy groups -OCH3 is 1. The Morgan fingerprint density at radius 3 is 2.56 bits per heavy atom. The average molecular weight is 237 g/mol. The first kappa shape index (κ1) is 11.8. The maximum Gasteiger partial charge on any atom is 0.123 e. The summed E-state index contributed by atoms with van der Waals surface area (Å²) in [5, 5.41) is 0. The number of benzene rings is 1. The Kier molecular flexibility index (Phi) is 3.17. The molecule has 1 aliphatic carbocycles. The lowest BCUT2D eigenvalue weighted by atomic mass is 9.88. The first-order valence-electron chi connectivity index (χ1n) is 5.63. The van der Waals surface area contributed by atoms with Crippen molar-refractivity contribution in [1.82, 2.24) is 0 Å². The predicted octanol–water partition coefficient (Wildman–Crippen LogP) is 2.80. The monoisotopic (exact) mass is 237 g/mol. The van der Waals surface area contributed by atoms with Crippen LogP contribution < -0.4 is 10.5 Å². The van der Waals surface area contributed by atoms with Crippen LogP contribution >= 0.6 is 11.8 Å². The molecule has 1 atom stereocenters. The van der Waals surface area contributed by atoms with Crippen molar-refractivity contribution in [1.29, 1.82) is 0 Å². The standard InChI is InChI=1S/C13H19NOS/c1-9(14)13(7-8-13)12-10(15-2)5-4-6-11(12)16-3/h4-6,9H,7-8,14H2,1-3H3. The number of ether oxygens (including phenoxy) is 1. The predicted molar refractivity (Wildman–Crippen MR) is 69.3 cm³/mol. The fourth-order valence-corrected chi connectivity index (χ4v) is 3.13. The Morgan fingerprint density at radius 2 is 2.12 bits per heavy atom. The summed E-state index contributed by atoms with van der Waals surface area (Å²) < 4.78 is 5.50. The quantitative estimate of drug-likeness (QED) is 0.818. The number of nitrogens with two attached hydrogens (primary N) is 1. The van der Waals surface area contributed by atoms with E-state index in [0.717, 1.165) is 5.75 Å². The zero-order valence-corrected chi connectivity index (χ0v) is 10.9. The number of hydrogen-bond acceptors (Lipinski definition) is 3. The Balaban J connectivity index is 2.53. The first-order chi connectivity index (χ1) is 7.65. The van der Waals surface area contributed by atoms with E-state index < -0.39 is 0 Å². The van der Waals surface area contributed by atoms with Crippen LogP contribution in [0.25, 0.3) is 0 Å². The highest BCUT2D eigenvalue weighted by Crippen LogP contribution is 2.55. The van der Waals surface area contributed by atoms with Crippen LogP contribution in [0.4, 0.5) is 0 Å². The third-order valence-corrected chi connectivity index (χ3v) is 4.37. The normalized spacial score (nSPS) is 19.2. The van der Waals surface area contributed by atoms with E-state index in [1.54, 1.807) is 18.9 Å². The van der Waals surface area contributed by atoms with Crippen molar-refractivity contribution < 1.29 is 4.74 Å². The van der Waals surface area contributed by atoms with Crippen molar-refractivity contribution >= 4 is 11.8 Å². The van der Waals surface area contributed by atoms with Gasteiger partial charge in [-0.05, 0) is 38.2 Å². The first-order valence-corrected chi connectivity index (χ1v) is 6.85. The molecular formula is C13H19NOS. The van der Waals surface area contributed by atoms with Crippen molar-refractivity contribution in [3.63, 3.8) is 0 Å². The molecule has 0 amide bonds. The van der Waals surface area contributed by atoms with E-state index in [0.29, 0.717) is 0 Å². The molecule has 3 heteroatoms. The molecule has 0 radical (unpaired) electrons. The van der Waals surface area contributed by atoms with Gasteiger partial charge in [0.25, 0.3) is 0 Å². The van der Waals surface area contributed by atoms with Crippen LogP contribution in [0.2, 0.25) is 0 Å². The molecule has 1 fully saturated rings. The molecule has 2 rings (SSSR count). The SMILES string of the molecule is COc1cccc(SC)c1C1(C(C)N)CC1. The Bertz CT molecular complexity index is 363. The molecule has 2 N–H and O–H groups in total. The molecule has 88 valence electrons. The maximum atomic E-state index is 6.15. The van der Waals surface area contributed by atoms with Crippen LogP contribution in [0.5, 0.6) is 5.75 Å². The molecule has 16 heavy (non-hydrogen) atoms. The van der Waals surface area contributed by atoms with Gasteiger partial charge < -0.3 is 10.5 Å². The minimum atomic E-state index is 0.158. The lowest BCUT2D eigenvalue weighted by Gasteiger charge is -2.24. The lowest BCUT2D eigenvalue weighted by molar-refractivity contribution is 0.395. The van der Waals surface area contributed by atoms with Crippen molar-refractivity contribution in [2.75, 3.05) is 13.4 Å². The van der Waals surface area contributed by atoms with Crippen LogP contribution in [0.1, 0.15) is 25.3 Å². The maximum absolute atomic E-state index is 6.15. The molecule has 0 bridgehead atoms. The second-order valence-electron chi connectivity index (χ2n) is 4.48. The van der Waals surface area contributed by atoms with Gasteiger partial charge in [-0.15, -0.1) is 11.8 Å². The number of rotatable bonds is 4. The van der Waals surface area contributed by atoms with Gasteiger partial charge in [-0.2, -0.15) is 0 Å². The fraction of sp³-hybridized carbons (Fsp3) is 0.538. The van der Waals surface area contributed by atoms with Gasteiger partial charge in [0.05, 0.1) is 7.11 Å². The molecule has 1 aliphatic rings. The van der Waals surface area contributed by atoms with Crippen LogP contribution in [-0.2, 0) is 5.41 Å². The molecule has 1 unspecified atom stereocenters. The van der Waals surface area contributed by atoms with Crippen molar-refractivity contribution in [3.8, 4) is 5.75 Å². The van der Waals surface area contributed by atoms with Gasteiger partial charge in [-0.3, -0.25) is 0 Å². The van der Waals surface area contributed by atoms with Crippen LogP contribution in [0.3, 0.4) is 0 Å². The molecule has 0 saturated heterocycles. The summed E-state index contributed by atoms with van der Waals surface area (Å²) in [4.78, 5) is 1.30.